The third-order valence-corrected chi connectivity index (χ3v) is 2.30. The van der Waals surface area contributed by atoms with E-state index < -0.39 is 0 Å². The zero-order valence-electron chi connectivity index (χ0n) is 8.74. The first-order chi connectivity index (χ1) is 7.65. The molecule has 2 aromatic rings. The van der Waals surface area contributed by atoms with E-state index in [-0.39, 0.29) is 5.28 Å². The molecule has 0 aliphatic rings. The lowest BCUT2D eigenvalue weighted by Crippen LogP contribution is -1.98. The number of aryl methyl sites for hydroxylation is 1. The Bertz CT molecular complexity index is 496. The van der Waals surface area contributed by atoms with Crippen molar-refractivity contribution < 1.29 is 0 Å². The van der Waals surface area contributed by atoms with Gasteiger partial charge in [0.15, 0.2) is 0 Å². The highest BCUT2D eigenvalue weighted by Crippen LogP contribution is 2.19. The number of nitrogens with zero attached hydrogens (tertiary/aromatic N) is 2. The number of halogens is 1. The van der Waals surface area contributed by atoms with E-state index >= 15 is 0 Å². The molecule has 0 bridgehead atoms. The molecule has 0 unspecified atom stereocenters. The first-order valence-corrected chi connectivity index (χ1v) is 5.14. The van der Waals surface area contributed by atoms with Crippen LogP contribution < -0.4 is 11.1 Å². The Morgan fingerprint density at radius 3 is 2.62 bits per heavy atom. The number of anilines is 3. The summed E-state index contributed by atoms with van der Waals surface area (Å²) in [6.45, 7) is 1.91. The summed E-state index contributed by atoms with van der Waals surface area (Å²) in [5.41, 5.74) is 8.17. The second kappa shape index (κ2) is 4.37. The fourth-order valence-electron chi connectivity index (χ4n) is 1.25. The van der Waals surface area contributed by atoms with Gasteiger partial charge in [0.05, 0.1) is 0 Å². The molecule has 1 aromatic carbocycles. The van der Waals surface area contributed by atoms with Gasteiger partial charge in [0, 0.05) is 23.1 Å². The van der Waals surface area contributed by atoms with Crippen LogP contribution in [0.4, 0.5) is 17.2 Å². The van der Waals surface area contributed by atoms with Gasteiger partial charge in [-0.25, -0.2) is 9.97 Å². The van der Waals surface area contributed by atoms with Crippen LogP contribution in [0.2, 0.25) is 5.28 Å². The minimum absolute atomic E-state index is 0.226. The van der Waals surface area contributed by atoms with Crippen molar-refractivity contribution in [1.29, 1.82) is 0 Å². The molecule has 0 radical (unpaired) electrons. The highest BCUT2D eigenvalue weighted by atomic mass is 35.5. The number of hydrogen-bond acceptors (Lipinski definition) is 4. The maximum Gasteiger partial charge on any atom is 0.224 e. The molecule has 2 rings (SSSR count). The molecule has 1 aromatic heterocycles. The molecule has 1 heterocycles. The van der Waals surface area contributed by atoms with Gasteiger partial charge in [-0.15, -0.1) is 0 Å². The molecule has 4 nitrogen and oxygen atoms in total. The van der Waals surface area contributed by atoms with Gasteiger partial charge in [-0.05, 0) is 42.8 Å². The van der Waals surface area contributed by atoms with Crippen LogP contribution in [-0.2, 0) is 0 Å². The average molecular weight is 235 g/mol. The van der Waals surface area contributed by atoms with Gasteiger partial charge in [-0.2, -0.15) is 0 Å². The average Bonchev–Trinajstić information content (AvgIpc) is 2.27. The monoisotopic (exact) mass is 234 g/mol. The van der Waals surface area contributed by atoms with Gasteiger partial charge < -0.3 is 11.1 Å². The van der Waals surface area contributed by atoms with E-state index in [4.69, 9.17) is 17.3 Å². The summed E-state index contributed by atoms with van der Waals surface area (Å²) >= 11 is 5.73. The third kappa shape index (κ3) is 2.41. The van der Waals surface area contributed by atoms with Gasteiger partial charge in [-0.1, -0.05) is 0 Å². The number of aromatic nitrogens is 2. The summed E-state index contributed by atoms with van der Waals surface area (Å²) in [5, 5.41) is 3.37. The zero-order chi connectivity index (χ0) is 11.5. The Hall–Kier alpha value is -1.81. The summed E-state index contributed by atoms with van der Waals surface area (Å²) < 4.78 is 0. The van der Waals surface area contributed by atoms with E-state index in [0.29, 0.717) is 5.82 Å². The van der Waals surface area contributed by atoms with Crippen LogP contribution in [0, 0.1) is 6.92 Å². The predicted molar refractivity (Wildman–Crippen MR) is 65.9 cm³/mol. The smallest absolute Gasteiger partial charge is 0.224 e. The Balaban J connectivity index is 2.26. The standard InChI is InChI=1S/C11H11ClN4/c1-7-6-14-11(12)16-10(7)15-9-4-2-8(13)3-5-9/h2-6H,13H2,1H3,(H,14,15,16). The molecular weight excluding hydrogens is 224 g/mol. The number of nitrogen functional groups attached to an aromatic ring is 1. The highest BCUT2D eigenvalue weighted by Gasteiger charge is 2.02. The van der Waals surface area contributed by atoms with Crippen molar-refractivity contribution in [1.82, 2.24) is 9.97 Å². The van der Waals surface area contributed by atoms with Gasteiger partial charge in [0.2, 0.25) is 5.28 Å². The number of hydrogen-bond donors (Lipinski definition) is 2. The number of nitrogens with two attached hydrogens (primary N) is 1. The summed E-state index contributed by atoms with van der Waals surface area (Å²) in [4.78, 5) is 7.99. The molecule has 5 heteroatoms. The minimum atomic E-state index is 0.226. The molecule has 0 saturated heterocycles. The van der Waals surface area contributed by atoms with Crippen molar-refractivity contribution in [2.24, 2.45) is 0 Å². The largest absolute Gasteiger partial charge is 0.399 e. The Morgan fingerprint density at radius 2 is 1.94 bits per heavy atom. The lowest BCUT2D eigenvalue weighted by molar-refractivity contribution is 1.13. The topological polar surface area (TPSA) is 63.8 Å². The lowest BCUT2D eigenvalue weighted by Gasteiger charge is -2.08. The van der Waals surface area contributed by atoms with Gasteiger partial charge >= 0.3 is 0 Å². The van der Waals surface area contributed by atoms with Gasteiger partial charge in [-0.3, -0.25) is 0 Å². The van der Waals surface area contributed by atoms with E-state index in [1.165, 1.54) is 0 Å². The molecule has 0 saturated carbocycles. The summed E-state index contributed by atoms with van der Waals surface area (Å²) in [6.07, 6.45) is 1.68. The highest BCUT2D eigenvalue weighted by molar-refractivity contribution is 6.28. The lowest BCUT2D eigenvalue weighted by atomic mass is 10.2. The second-order valence-corrected chi connectivity index (χ2v) is 3.76. The Kier molecular flexibility index (Phi) is 2.92. The summed E-state index contributed by atoms with van der Waals surface area (Å²) in [6, 6.07) is 7.40. The van der Waals surface area contributed by atoms with Crippen molar-refractivity contribution >= 4 is 28.8 Å². The van der Waals surface area contributed by atoms with E-state index in [1.54, 1.807) is 6.20 Å². The van der Waals surface area contributed by atoms with Crippen molar-refractivity contribution in [2.45, 2.75) is 6.92 Å². The van der Waals surface area contributed by atoms with Crippen molar-refractivity contribution in [2.75, 3.05) is 11.1 Å². The number of rotatable bonds is 2. The first kappa shape index (κ1) is 10.7. The molecule has 3 N–H and O–H groups in total. The molecule has 0 spiro atoms. The predicted octanol–water partition coefficient (Wildman–Crippen LogP) is 2.76. The molecule has 0 aliphatic heterocycles. The maximum absolute atomic E-state index is 5.73. The van der Waals surface area contributed by atoms with Crippen LogP contribution in [0.1, 0.15) is 5.56 Å². The van der Waals surface area contributed by atoms with Crippen LogP contribution >= 0.6 is 11.6 Å². The zero-order valence-corrected chi connectivity index (χ0v) is 9.49. The Morgan fingerprint density at radius 1 is 1.25 bits per heavy atom. The van der Waals surface area contributed by atoms with Crippen molar-refractivity contribution in [3.63, 3.8) is 0 Å². The molecular formula is C11H11ClN4. The van der Waals surface area contributed by atoms with E-state index in [9.17, 15) is 0 Å². The normalized spacial score (nSPS) is 10.1. The Labute approximate surface area is 98.5 Å². The molecule has 0 fully saturated rings. The van der Waals surface area contributed by atoms with Crippen LogP contribution in [0.3, 0.4) is 0 Å². The summed E-state index contributed by atoms with van der Waals surface area (Å²) in [7, 11) is 0. The molecule has 0 aliphatic carbocycles. The number of benzene rings is 1. The SMILES string of the molecule is Cc1cnc(Cl)nc1Nc1ccc(N)cc1. The fourth-order valence-corrected chi connectivity index (χ4v) is 1.38. The first-order valence-electron chi connectivity index (χ1n) is 4.77. The molecule has 0 amide bonds. The van der Waals surface area contributed by atoms with Crippen molar-refractivity contribution in [3.05, 3.63) is 41.3 Å². The third-order valence-electron chi connectivity index (χ3n) is 2.12. The van der Waals surface area contributed by atoms with Crippen LogP contribution in [0.25, 0.3) is 0 Å². The van der Waals surface area contributed by atoms with E-state index in [1.807, 2.05) is 31.2 Å². The minimum Gasteiger partial charge on any atom is -0.399 e. The fraction of sp³-hybridized carbons (Fsp3) is 0.0909. The quantitative estimate of drug-likeness (QED) is 0.620. The van der Waals surface area contributed by atoms with Crippen LogP contribution in [0.5, 0.6) is 0 Å². The van der Waals surface area contributed by atoms with E-state index in [2.05, 4.69) is 15.3 Å². The van der Waals surface area contributed by atoms with Crippen LogP contribution in [-0.4, -0.2) is 9.97 Å². The van der Waals surface area contributed by atoms with Crippen LogP contribution in [0.15, 0.2) is 30.5 Å². The number of nitrogens with one attached hydrogen (secondary N) is 1. The molecule has 0 atom stereocenters. The van der Waals surface area contributed by atoms with E-state index in [0.717, 1.165) is 16.9 Å². The van der Waals surface area contributed by atoms with Crippen molar-refractivity contribution in [3.8, 4) is 0 Å². The summed E-state index contributed by atoms with van der Waals surface area (Å²) in [5.74, 6) is 0.699. The maximum atomic E-state index is 5.73. The molecule has 16 heavy (non-hydrogen) atoms. The second-order valence-electron chi connectivity index (χ2n) is 3.42. The van der Waals surface area contributed by atoms with Gasteiger partial charge in [0.25, 0.3) is 0 Å². The van der Waals surface area contributed by atoms with Gasteiger partial charge in [0.1, 0.15) is 5.82 Å². The molecule has 82 valence electrons.